The molecule has 0 bridgehead atoms. The van der Waals surface area contributed by atoms with Gasteiger partial charge in [0, 0.05) is 31.4 Å². The highest BCUT2D eigenvalue weighted by molar-refractivity contribution is 5.49. The number of hydrogen-bond acceptors (Lipinski definition) is 2. The molecule has 0 radical (unpaired) electrons. The molecule has 1 aromatic carbocycles. The molecule has 18 heavy (non-hydrogen) atoms. The Balaban J connectivity index is 1.75. The molecule has 2 nitrogen and oxygen atoms in total. The maximum absolute atomic E-state index is 13.3. The maximum atomic E-state index is 13.3. The molecule has 0 aromatic heterocycles. The highest BCUT2D eigenvalue weighted by Crippen LogP contribution is 2.26. The quantitative estimate of drug-likeness (QED) is 0.754. The summed E-state index contributed by atoms with van der Waals surface area (Å²) in [7, 11) is 0. The summed E-state index contributed by atoms with van der Waals surface area (Å²) in [6.45, 7) is 6.43. The first-order valence-electron chi connectivity index (χ1n) is 6.99. The van der Waals surface area contributed by atoms with Crippen molar-refractivity contribution in [2.45, 2.75) is 32.2 Å². The van der Waals surface area contributed by atoms with Crippen molar-refractivity contribution >= 4 is 5.69 Å². The van der Waals surface area contributed by atoms with Crippen LogP contribution in [0.3, 0.4) is 0 Å². The summed E-state index contributed by atoms with van der Waals surface area (Å²) >= 11 is 0. The van der Waals surface area contributed by atoms with Crippen molar-refractivity contribution in [3.05, 3.63) is 29.6 Å². The molecule has 1 unspecified atom stereocenters. The smallest absolute Gasteiger partial charge is 0.126 e. The van der Waals surface area contributed by atoms with Crippen LogP contribution in [-0.4, -0.2) is 37.1 Å². The van der Waals surface area contributed by atoms with Crippen LogP contribution in [0.4, 0.5) is 10.1 Å². The number of halogens is 1. The van der Waals surface area contributed by atoms with Gasteiger partial charge in [0.15, 0.2) is 0 Å². The fourth-order valence-corrected chi connectivity index (χ4v) is 3.22. The molecule has 1 aromatic rings. The van der Waals surface area contributed by atoms with E-state index < -0.39 is 0 Å². The Morgan fingerprint density at radius 2 is 2.06 bits per heavy atom. The molecule has 0 amide bonds. The third kappa shape index (κ3) is 2.24. The van der Waals surface area contributed by atoms with Crippen molar-refractivity contribution < 1.29 is 4.39 Å². The Labute approximate surface area is 108 Å². The number of anilines is 1. The molecule has 2 aliphatic rings. The number of piperazine rings is 1. The number of piperidine rings is 1. The average Bonchev–Trinajstić information content (AvgIpc) is 2.41. The van der Waals surface area contributed by atoms with E-state index in [9.17, 15) is 4.39 Å². The lowest BCUT2D eigenvalue weighted by Gasteiger charge is -2.45. The fourth-order valence-electron chi connectivity index (χ4n) is 3.22. The summed E-state index contributed by atoms with van der Waals surface area (Å²) in [4.78, 5) is 5.04. The minimum Gasteiger partial charge on any atom is -0.369 e. The second-order valence-electron chi connectivity index (χ2n) is 5.57. The Morgan fingerprint density at radius 3 is 2.89 bits per heavy atom. The number of nitrogens with zero attached hydrogens (tertiary/aromatic N) is 2. The fraction of sp³-hybridized carbons (Fsp3) is 0.600. The van der Waals surface area contributed by atoms with Crippen molar-refractivity contribution in [3.63, 3.8) is 0 Å². The molecular weight excluding hydrogens is 227 g/mol. The van der Waals surface area contributed by atoms with E-state index in [1.54, 1.807) is 6.07 Å². The second-order valence-corrected chi connectivity index (χ2v) is 5.57. The topological polar surface area (TPSA) is 6.48 Å². The first kappa shape index (κ1) is 12.0. The Hall–Kier alpha value is -1.09. The summed E-state index contributed by atoms with van der Waals surface area (Å²) in [5.41, 5.74) is 1.93. The predicted octanol–water partition coefficient (Wildman–Crippen LogP) is 2.81. The molecule has 0 saturated carbocycles. The summed E-state index contributed by atoms with van der Waals surface area (Å²) < 4.78 is 13.3. The minimum absolute atomic E-state index is 0.102. The molecule has 1 atom stereocenters. The molecule has 3 rings (SSSR count). The number of benzene rings is 1. The number of fused-ring (bicyclic) bond motifs is 1. The van der Waals surface area contributed by atoms with Gasteiger partial charge in [-0.05, 0) is 50.1 Å². The largest absolute Gasteiger partial charge is 0.369 e. The standard InChI is InChI=1S/C15H21FN2/c1-12-10-13(5-6-15(12)16)18-9-8-17-7-3-2-4-14(17)11-18/h5-6,10,14H,2-4,7-9,11H2,1H3. The van der Waals surface area contributed by atoms with Crippen LogP contribution in [0, 0.1) is 12.7 Å². The molecule has 98 valence electrons. The third-order valence-electron chi connectivity index (χ3n) is 4.34. The van der Waals surface area contributed by atoms with Crippen LogP contribution in [0.5, 0.6) is 0 Å². The van der Waals surface area contributed by atoms with E-state index in [0.29, 0.717) is 6.04 Å². The van der Waals surface area contributed by atoms with Gasteiger partial charge in [0.1, 0.15) is 5.82 Å². The maximum Gasteiger partial charge on any atom is 0.126 e. The third-order valence-corrected chi connectivity index (χ3v) is 4.34. The van der Waals surface area contributed by atoms with Gasteiger partial charge in [-0.3, -0.25) is 4.90 Å². The summed E-state index contributed by atoms with van der Waals surface area (Å²) in [6.07, 6.45) is 4.03. The Kier molecular flexibility index (Phi) is 3.25. The summed E-state index contributed by atoms with van der Waals surface area (Å²) in [6, 6.07) is 6.20. The molecule has 0 N–H and O–H groups in total. The van der Waals surface area contributed by atoms with Crippen LogP contribution < -0.4 is 4.90 Å². The first-order valence-corrected chi connectivity index (χ1v) is 6.99. The minimum atomic E-state index is -0.102. The predicted molar refractivity (Wildman–Crippen MR) is 72.6 cm³/mol. The van der Waals surface area contributed by atoms with Crippen LogP contribution in [0.15, 0.2) is 18.2 Å². The van der Waals surface area contributed by atoms with Crippen molar-refractivity contribution in [3.8, 4) is 0 Å². The van der Waals surface area contributed by atoms with Gasteiger partial charge in [-0.1, -0.05) is 6.42 Å². The van der Waals surface area contributed by atoms with Gasteiger partial charge >= 0.3 is 0 Å². The van der Waals surface area contributed by atoms with Crippen LogP contribution in [-0.2, 0) is 0 Å². The molecule has 2 saturated heterocycles. The monoisotopic (exact) mass is 248 g/mol. The van der Waals surface area contributed by atoms with Gasteiger partial charge < -0.3 is 4.90 Å². The average molecular weight is 248 g/mol. The molecule has 2 fully saturated rings. The zero-order chi connectivity index (χ0) is 12.5. The van der Waals surface area contributed by atoms with E-state index in [2.05, 4.69) is 9.80 Å². The Morgan fingerprint density at radius 1 is 1.17 bits per heavy atom. The molecular formula is C15H21FN2. The molecule has 2 aliphatic heterocycles. The van der Waals surface area contributed by atoms with E-state index in [0.717, 1.165) is 25.2 Å². The molecule has 0 spiro atoms. The van der Waals surface area contributed by atoms with Gasteiger partial charge in [0.2, 0.25) is 0 Å². The summed E-state index contributed by atoms with van der Waals surface area (Å²) in [5, 5.41) is 0. The highest BCUT2D eigenvalue weighted by atomic mass is 19.1. The van der Waals surface area contributed by atoms with Gasteiger partial charge in [0.25, 0.3) is 0 Å². The molecule has 3 heteroatoms. The van der Waals surface area contributed by atoms with Crippen molar-refractivity contribution in [1.82, 2.24) is 4.90 Å². The van der Waals surface area contributed by atoms with Gasteiger partial charge in [-0.25, -0.2) is 4.39 Å². The lowest BCUT2D eigenvalue weighted by atomic mass is 9.99. The lowest BCUT2D eigenvalue weighted by Crippen LogP contribution is -2.54. The SMILES string of the molecule is Cc1cc(N2CCN3CCCCC3C2)ccc1F. The van der Waals surface area contributed by atoms with E-state index in [1.807, 2.05) is 19.1 Å². The second kappa shape index (κ2) is 4.88. The van der Waals surface area contributed by atoms with Gasteiger partial charge in [-0.15, -0.1) is 0 Å². The normalized spacial score (nSPS) is 25.0. The van der Waals surface area contributed by atoms with Crippen molar-refractivity contribution in [2.24, 2.45) is 0 Å². The highest BCUT2D eigenvalue weighted by Gasteiger charge is 2.28. The van der Waals surface area contributed by atoms with E-state index in [1.165, 1.54) is 31.5 Å². The van der Waals surface area contributed by atoms with Crippen LogP contribution in [0.1, 0.15) is 24.8 Å². The van der Waals surface area contributed by atoms with Crippen LogP contribution in [0.25, 0.3) is 0 Å². The van der Waals surface area contributed by atoms with E-state index in [4.69, 9.17) is 0 Å². The zero-order valence-electron chi connectivity index (χ0n) is 11.0. The lowest BCUT2D eigenvalue weighted by molar-refractivity contribution is 0.133. The van der Waals surface area contributed by atoms with Gasteiger partial charge in [-0.2, -0.15) is 0 Å². The van der Waals surface area contributed by atoms with Gasteiger partial charge in [0.05, 0.1) is 0 Å². The molecule has 0 aliphatic carbocycles. The molecule has 2 heterocycles. The van der Waals surface area contributed by atoms with Crippen LogP contribution >= 0.6 is 0 Å². The number of rotatable bonds is 1. The van der Waals surface area contributed by atoms with E-state index in [-0.39, 0.29) is 5.82 Å². The Bertz CT molecular complexity index is 433. The number of hydrogen-bond donors (Lipinski definition) is 0. The number of aryl methyl sites for hydroxylation is 1. The van der Waals surface area contributed by atoms with Crippen molar-refractivity contribution in [1.29, 1.82) is 0 Å². The van der Waals surface area contributed by atoms with E-state index >= 15 is 0 Å². The zero-order valence-corrected chi connectivity index (χ0v) is 11.0. The first-order chi connectivity index (χ1) is 8.74. The summed E-state index contributed by atoms with van der Waals surface area (Å²) in [5.74, 6) is -0.102. The van der Waals surface area contributed by atoms with Crippen LogP contribution in [0.2, 0.25) is 0 Å². The van der Waals surface area contributed by atoms with Crippen molar-refractivity contribution in [2.75, 3.05) is 31.1 Å².